The van der Waals surface area contributed by atoms with Crippen LogP contribution in [0.5, 0.6) is 11.5 Å². The van der Waals surface area contributed by atoms with E-state index in [0.717, 1.165) is 33.3 Å². The third-order valence-corrected chi connectivity index (χ3v) is 6.31. The number of nitrogens with one attached hydrogen (secondary N) is 1. The van der Waals surface area contributed by atoms with E-state index in [1.54, 1.807) is 28.8 Å². The molecule has 0 unspecified atom stereocenters. The summed E-state index contributed by atoms with van der Waals surface area (Å²) in [6, 6.07) is 31.1. The SMILES string of the molecule is Cc1nn2c(C)c(C(=O)Nc3ccc(Oc4ccccc4)cc3)nnc2c1-c1cccc2ccccc12. The second-order valence-electron chi connectivity index (χ2n) is 8.75. The first-order valence-electron chi connectivity index (χ1n) is 11.9. The molecule has 4 aromatic carbocycles. The Morgan fingerprint density at radius 2 is 1.49 bits per heavy atom. The highest BCUT2D eigenvalue weighted by molar-refractivity contribution is 6.04. The van der Waals surface area contributed by atoms with Crippen molar-refractivity contribution in [2.45, 2.75) is 13.8 Å². The summed E-state index contributed by atoms with van der Waals surface area (Å²) in [5, 5.41) is 18.6. The Hall–Kier alpha value is -5.04. The van der Waals surface area contributed by atoms with Crippen LogP contribution in [0.3, 0.4) is 0 Å². The van der Waals surface area contributed by atoms with E-state index in [1.807, 2.05) is 62.4 Å². The van der Waals surface area contributed by atoms with Crippen molar-refractivity contribution in [3.8, 4) is 22.6 Å². The van der Waals surface area contributed by atoms with E-state index in [9.17, 15) is 4.79 Å². The topological polar surface area (TPSA) is 81.4 Å². The zero-order chi connectivity index (χ0) is 25.4. The van der Waals surface area contributed by atoms with Crippen molar-refractivity contribution in [3.63, 3.8) is 0 Å². The van der Waals surface area contributed by atoms with Gasteiger partial charge in [-0.3, -0.25) is 4.79 Å². The lowest BCUT2D eigenvalue weighted by Crippen LogP contribution is -2.18. The molecule has 0 atom stereocenters. The van der Waals surface area contributed by atoms with Crippen molar-refractivity contribution in [1.29, 1.82) is 0 Å². The van der Waals surface area contributed by atoms with Crippen molar-refractivity contribution in [2.75, 3.05) is 5.32 Å². The molecule has 0 aliphatic heterocycles. The number of hydrogen-bond acceptors (Lipinski definition) is 5. The van der Waals surface area contributed by atoms with Crippen LogP contribution in [0.2, 0.25) is 0 Å². The lowest BCUT2D eigenvalue weighted by atomic mass is 9.98. The van der Waals surface area contributed by atoms with Gasteiger partial charge < -0.3 is 10.1 Å². The van der Waals surface area contributed by atoms with Gasteiger partial charge >= 0.3 is 0 Å². The normalized spacial score (nSPS) is 11.1. The molecular weight excluding hydrogens is 462 g/mol. The molecule has 0 saturated heterocycles. The highest BCUT2D eigenvalue weighted by Gasteiger charge is 2.21. The molecule has 7 nitrogen and oxygen atoms in total. The van der Waals surface area contributed by atoms with Crippen LogP contribution in [-0.4, -0.2) is 25.7 Å². The maximum absolute atomic E-state index is 13.1. The zero-order valence-corrected chi connectivity index (χ0v) is 20.3. The first kappa shape index (κ1) is 22.4. The lowest BCUT2D eigenvalue weighted by Gasteiger charge is -2.10. The maximum Gasteiger partial charge on any atom is 0.278 e. The molecule has 2 heterocycles. The van der Waals surface area contributed by atoms with Crippen LogP contribution in [0.15, 0.2) is 97.1 Å². The molecule has 0 aliphatic rings. The van der Waals surface area contributed by atoms with Gasteiger partial charge in [-0.25, -0.2) is 4.52 Å². The van der Waals surface area contributed by atoms with Gasteiger partial charge in [-0.05, 0) is 66.6 Å². The number of aromatic nitrogens is 4. The van der Waals surface area contributed by atoms with Crippen LogP contribution in [0, 0.1) is 13.8 Å². The first-order chi connectivity index (χ1) is 18.1. The van der Waals surface area contributed by atoms with E-state index < -0.39 is 0 Å². The molecule has 7 heteroatoms. The van der Waals surface area contributed by atoms with Crippen LogP contribution in [0.4, 0.5) is 5.69 Å². The van der Waals surface area contributed by atoms with Crippen molar-refractivity contribution < 1.29 is 9.53 Å². The van der Waals surface area contributed by atoms with Gasteiger partial charge in [0.1, 0.15) is 11.5 Å². The number of benzene rings is 4. The number of amides is 1. The monoisotopic (exact) mass is 485 g/mol. The third kappa shape index (κ3) is 4.16. The summed E-state index contributed by atoms with van der Waals surface area (Å²) in [5.74, 6) is 1.06. The molecule has 6 rings (SSSR count). The average Bonchev–Trinajstić information content (AvgIpc) is 3.26. The third-order valence-electron chi connectivity index (χ3n) is 6.31. The lowest BCUT2D eigenvalue weighted by molar-refractivity contribution is 0.102. The predicted molar refractivity (Wildman–Crippen MR) is 144 cm³/mol. The summed E-state index contributed by atoms with van der Waals surface area (Å²) in [4.78, 5) is 13.1. The van der Waals surface area contributed by atoms with E-state index in [4.69, 9.17) is 9.84 Å². The molecule has 1 amide bonds. The van der Waals surface area contributed by atoms with E-state index in [-0.39, 0.29) is 11.6 Å². The fourth-order valence-corrected chi connectivity index (χ4v) is 4.50. The maximum atomic E-state index is 13.1. The zero-order valence-electron chi connectivity index (χ0n) is 20.3. The van der Waals surface area contributed by atoms with E-state index >= 15 is 0 Å². The van der Waals surface area contributed by atoms with E-state index in [2.05, 4.69) is 39.8 Å². The first-order valence-corrected chi connectivity index (χ1v) is 11.9. The van der Waals surface area contributed by atoms with Crippen LogP contribution in [-0.2, 0) is 0 Å². The fourth-order valence-electron chi connectivity index (χ4n) is 4.50. The largest absolute Gasteiger partial charge is 0.457 e. The number of para-hydroxylation sites is 1. The van der Waals surface area contributed by atoms with Crippen molar-refractivity contribution in [1.82, 2.24) is 19.8 Å². The van der Waals surface area contributed by atoms with Gasteiger partial charge in [0, 0.05) is 5.69 Å². The number of carbonyl (C=O) groups excluding carboxylic acids is 1. The summed E-state index contributed by atoms with van der Waals surface area (Å²) < 4.78 is 7.52. The number of anilines is 1. The predicted octanol–water partition coefficient (Wildman–Crippen LogP) is 6.61. The highest BCUT2D eigenvalue weighted by Crippen LogP contribution is 2.33. The molecule has 0 bridgehead atoms. The van der Waals surface area contributed by atoms with Gasteiger partial charge in [0.2, 0.25) is 0 Å². The van der Waals surface area contributed by atoms with Crippen LogP contribution in [0.1, 0.15) is 21.9 Å². The summed E-state index contributed by atoms with van der Waals surface area (Å²) in [6.45, 7) is 3.77. The number of fused-ring (bicyclic) bond motifs is 2. The highest BCUT2D eigenvalue weighted by atomic mass is 16.5. The van der Waals surface area contributed by atoms with Crippen LogP contribution >= 0.6 is 0 Å². The Kier molecular flexibility index (Phi) is 5.58. The van der Waals surface area contributed by atoms with Gasteiger partial charge in [-0.1, -0.05) is 60.7 Å². The Bertz CT molecular complexity index is 1750. The molecular formula is C30H23N5O2. The van der Waals surface area contributed by atoms with E-state index in [1.165, 1.54) is 0 Å². The smallest absolute Gasteiger partial charge is 0.278 e. The molecule has 0 aliphatic carbocycles. The number of carbonyl (C=O) groups is 1. The minimum absolute atomic E-state index is 0.212. The molecule has 0 spiro atoms. The molecule has 0 radical (unpaired) electrons. The van der Waals surface area contributed by atoms with Gasteiger partial charge in [0.25, 0.3) is 5.91 Å². The van der Waals surface area contributed by atoms with E-state index in [0.29, 0.717) is 22.8 Å². The fraction of sp³-hybridized carbons (Fsp3) is 0.0667. The number of nitrogens with zero attached hydrogens (tertiary/aromatic N) is 4. The quantitative estimate of drug-likeness (QED) is 0.297. The Labute approximate surface area is 213 Å². The molecule has 6 aromatic rings. The Morgan fingerprint density at radius 1 is 0.784 bits per heavy atom. The second-order valence-corrected chi connectivity index (χ2v) is 8.75. The number of aryl methyl sites for hydroxylation is 2. The minimum Gasteiger partial charge on any atom is -0.457 e. The molecule has 1 N–H and O–H groups in total. The van der Waals surface area contributed by atoms with Crippen molar-refractivity contribution >= 4 is 28.0 Å². The number of ether oxygens (including phenoxy) is 1. The molecule has 2 aromatic heterocycles. The average molecular weight is 486 g/mol. The van der Waals surface area contributed by atoms with Crippen molar-refractivity contribution in [2.24, 2.45) is 0 Å². The molecule has 180 valence electrons. The number of hydrogen-bond donors (Lipinski definition) is 1. The Balaban J connectivity index is 1.29. The summed E-state index contributed by atoms with van der Waals surface area (Å²) in [7, 11) is 0. The van der Waals surface area contributed by atoms with Crippen LogP contribution in [0.25, 0.3) is 27.5 Å². The van der Waals surface area contributed by atoms with Gasteiger partial charge in [0.15, 0.2) is 11.3 Å². The van der Waals surface area contributed by atoms with Crippen molar-refractivity contribution in [3.05, 3.63) is 114 Å². The second kappa shape index (κ2) is 9.20. The van der Waals surface area contributed by atoms with Gasteiger partial charge in [-0.2, -0.15) is 5.10 Å². The summed E-state index contributed by atoms with van der Waals surface area (Å²) in [6.07, 6.45) is 0. The summed E-state index contributed by atoms with van der Waals surface area (Å²) in [5.41, 5.74) is 4.83. The molecule has 37 heavy (non-hydrogen) atoms. The van der Waals surface area contributed by atoms with Gasteiger partial charge in [0.05, 0.1) is 17.0 Å². The number of rotatable bonds is 5. The minimum atomic E-state index is -0.358. The molecule has 0 saturated carbocycles. The summed E-state index contributed by atoms with van der Waals surface area (Å²) >= 11 is 0. The standard InChI is InChI=1S/C30H23N5O2/c1-19-27(26-14-8-10-21-9-6-7-13-25(21)26)29-33-32-28(20(2)35(29)34-19)30(36)31-22-15-17-24(18-16-22)37-23-11-4-3-5-12-23/h3-18H,1-2H3,(H,31,36). The van der Waals surface area contributed by atoms with Gasteiger partial charge in [-0.15, -0.1) is 10.2 Å². The molecule has 0 fully saturated rings. The Morgan fingerprint density at radius 3 is 2.30 bits per heavy atom. The van der Waals surface area contributed by atoms with Crippen LogP contribution < -0.4 is 10.1 Å².